The minimum absolute atomic E-state index is 0.0982. The fourth-order valence-electron chi connectivity index (χ4n) is 4.70. The molecule has 0 saturated carbocycles. The molecule has 3 aromatic rings. The van der Waals surface area contributed by atoms with E-state index in [0.717, 1.165) is 66.0 Å². The molecular weight excluding hydrogens is 454 g/mol. The van der Waals surface area contributed by atoms with E-state index in [1.807, 2.05) is 34.2 Å². The van der Waals surface area contributed by atoms with Crippen molar-refractivity contribution >= 4 is 17.3 Å². The molecule has 2 aromatic heterocycles. The molecular formula is C26H29NO6S. The number of ether oxygens (including phenoxy) is 4. The number of aromatic carboxylic acids is 1. The number of nitrogens with zero attached hydrogens (tertiary/aromatic N) is 1. The lowest BCUT2D eigenvalue weighted by atomic mass is 9.95. The number of rotatable bonds is 9. The summed E-state index contributed by atoms with van der Waals surface area (Å²) in [5.74, 6) is 0.421. The Hall–Kier alpha value is -2.81. The van der Waals surface area contributed by atoms with Crippen molar-refractivity contribution in [1.29, 1.82) is 0 Å². The standard InChI is InChI=1S/C26H29NO6S/c1-30-21-14-17-8-9-27-20(26(28)29)15-19(23-6-4-13-34-23)25(27)18(17)16-22(21)31-11-5-12-33-24-7-2-3-10-32-24/h4,6,13-16,24H,2-3,5,7-12H2,1H3,(H,28,29). The van der Waals surface area contributed by atoms with E-state index < -0.39 is 5.97 Å². The van der Waals surface area contributed by atoms with Gasteiger partial charge in [0.2, 0.25) is 0 Å². The Balaban J connectivity index is 1.39. The Morgan fingerprint density at radius 2 is 2.12 bits per heavy atom. The molecule has 1 aromatic carbocycles. The zero-order valence-electron chi connectivity index (χ0n) is 19.2. The molecule has 0 spiro atoms. The van der Waals surface area contributed by atoms with E-state index in [1.165, 1.54) is 0 Å². The molecule has 1 atom stereocenters. The molecule has 0 amide bonds. The van der Waals surface area contributed by atoms with Crippen LogP contribution in [0.5, 0.6) is 11.5 Å². The molecule has 180 valence electrons. The van der Waals surface area contributed by atoms with E-state index in [9.17, 15) is 9.90 Å². The molecule has 5 rings (SSSR count). The number of methoxy groups -OCH3 is 1. The first-order valence-corrected chi connectivity index (χ1v) is 12.6. The number of aryl methyl sites for hydroxylation is 1. The van der Waals surface area contributed by atoms with E-state index in [1.54, 1.807) is 24.5 Å². The maximum atomic E-state index is 12.0. The third-order valence-corrected chi connectivity index (χ3v) is 7.24. The van der Waals surface area contributed by atoms with Crippen LogP contribution in [0.3, 0.4) is 0 Å². The highest BCUT2D eigenvalue weighted by Gasteiger charge is 2.28. The fraction of sp³-hybridized carbons (Fsp3) is 0.423. The predicted octanol–water partition coefficient (Wildman–Crippen LogP) is 5.46. The van der Waals surface area contributed by atoms with E-state index >= 15 is 0 Å². The van der Waals surface area contributed by atoms with Gasteiger partial charge in [-0.15, -0.1) is 11.3 Å². The average molecular weight is 484 g/mol. The molecule has 2 aliphatic rings. The Bertz CT molecular complexity index is 1150. The minimum Gasteiger partial charge on any atom is -0.493 e. The zero-order chi connectivity index (χ0) is 23.5. The molecule has 2 aliphatic heterocycles. The summed E-state index contributed by atoms with van der Waals surface area (Å²) in [6.07, 6.45) is 4.56. The summed E-state index contributed by atoms with van der Waals surface area (Å²) in [6, 6.07) is 9.81. The van der Waals surface area contributed by atoms with E-state index in [-0.39, 0.29) is 6.29 Å². The second-order valence-electron chi connectivity index (χ2n) is 8.51. The van der Waals surface area contributed by atoms with Crippen LogP contribution in [0.1, 0.15) is 41.7 Å². The number of aromatic nitrogens is 1. The zero-order valence-corrected chi connectivity index (χ0v) is 20.1. The van der Waals surface area contributed by atoms with Gasteiger partial charge in [-0.25, -0.2) is 4.79 Å². The molecule has 7 nitrogen and oxygen atoms in total. The molecule has 0 radical (unpaired) electrons. The van der Waals surface area contributed by atoms with E-state index in [2.05, 4.69) is 0 Å². The monoisotopic (exact) mass is 483 g/mol. The van der Waals surface area contributed by atoms with Gasteiger partial charge in [0.1, 0.15) is 5.69 Å². The summed E-state index contributed by atoms with van der Waals surface area (Å²) in [5.41, 5.74) is 4.29. The van der Waals surface area contributed by atoms with Crippen molar-refractivity contribution < 1.29 is 28.8 Å². The van der Waals surface area contributed by atoms with Crippen molar-refractivity contribution in [3.8, 4) is 33.2 Å². The van der Waals surface area contributed by atoms with Crippen LogP contribution in [0.25, 0.3) is 21.7 Å². The minimum atomic E-state index is -0.917. The number of hydrogen-bond acceptors (Lipinski definition) is 6. The number of carboxylic acid groups (broad SMARTS) is 1. The highest BCUT2D eigenvalue weighted by Crippen LogP contribution is 2.45. The lowest BCUT2D eigenvalue weighted by molar-refractivity contribution is -0.163. The Labute approximate surface area is 202 Å². The molecule has 34 heavy (non-hydrogen) atoms. The number of carboxylic acids is 1. The van der Waals surface area contributed by atoms with Gasteiger partial charge in [-0.2, -0.15) is 0 Å². The largest absolute Gasteiger partial charge is 0.493 e. The SMILES string of the molecule is COc1cc2c(cc1OCCCOC1CCCCO1)-c1c(-c3cccs3)cc(C(=O)O)n1CC2. The van der Waals surface area contributed by atoms with Crippen molar-refractivity contribution in [2.45, 2.75) is 44.9 Å². The smallest absolute Gasteiger partial charge is 0.352 e. The van der Waals surface area contributed by atoms with Crippen molar-refractivity contribution in [1.82, 2.24) is 4.57 Å². The summed E-state index contributed by atoms with van der Waals surface area (Å²) in [4.78, 5) is 13.0. The summed E-state index contributed by atoms with van der Waals surface area (Å²) in [6.45, 7) is 2.44. The number of hydrogen-bond donors (Lipinski definition) is 1. The second kappa shape index (κ2) is 10.2. The summed E-state index contributed by atoms with van der Waals surface area (Å²) in [5, 5.41) is 11.8. The van der Waals surface area contributed by atoms with Crippen LogP contribution in [0.15, 0.2) is 35.7 Å². The van der Waals surface area contributed by atoms with Crippen LogP contribution in [0.4, 0.5) is 0 Å². The molecule has 4 heterocycles. The van der Waals surface area contributed by atoms with Crippen LogP contribution >= 0.6 is 11.3 Å². The first-order chi connectivity index (χ1) is 16.7. The summed E-state index contributed by atoms with van der Waals surface area (Å²) >= 11 is 1.61. The summed E-state index contributed by atoms with van der Waals surface area (Å²) < 4.78 is 25.1. The van der Waals surface area contributed by atoms with Gasteiger partial charge in [0, 0.05) is 35.6 Å². The Morgan fingerprint density at radius 3 is 2.85 bits per heavy atom. The number of thiophene rings is 1. The van der Waals surface area contributed by atoms with Crippen LogP contribution in [-0.4, -0.2) is 48.9 Å². The number of carbonyl (C=O) groups is 1. The molecule has 0 bridgehead atoms. The van der Waals surface area contributed by atoms with Gasteiger partial charge in [0.25, 0.3) is 0 Å². The highest BCUT2D eigenvalue weighted by molar-refractivity contribution is 7.13. The topological polar surface area (TPSA) is 79.2 Å². The van der Waals surface area contributed by atoms with Crippen molar-refractivity contribution in [3.63, 3.8) is 0 Å². The van der Waals surface area contributed by atoms with Crippen LogP contribution < -0.4 is 9.47 Å². The van der Waals surface area contributed by atoms with Gasteiger partial charge in [0.15, 0.2) is 17.8 Å². The van der Waals surface area contributed by atoms with Gasteiger partial charge in [0.05, 0.1) is 26.0 Å². The van der Waals surface area contributed by atoms with Crippen molar-refractivity contribution in [3.05, 3.63) is 47.0 Å². The first kappa shape index (κ1) is 23.0. The quantitative estimate of drug-likeness (QED) is 0.407. The molecule has 1 fully saturated rings. The van der Waals surface area contributed by atoms with Gasteiger partial charge in [-0.1, -0.05) is 6.07 Å². The molecule has 8 heteroatoms. The highest BCUT2D eigenvalue weighted by atomic mass is 32.1. The van der Waals surface area contributed by atoms with Crippen molar-refractivity contribution in [2.75, 3.05) is 26.9 Å². The third-order valence-electron chi connectivity index (χ3n) is 6.34. The maximum Gasteiger partial charge on any atom is 0.352 e. The van der Waals surface area contributed by atoms with E-state index in [0.29, 0.717) is 37.0 Å². The molecule has 1 N–H and O–H groups in total. The lowest BCUT2D eigenvalue weighted by Gasteiger charge is -2.24. The fourth-order valence-corrected chi connectivity index (χ4v) is 5.44. The van der Waals surface area contributed by atoms with Gasteiger partial charge < -0.3 is 28.6 Å². The van der Waals surface area contributed by atoms with Gasteiger partial charge >= 0.3 is 5.97 Å². The van der Waals surface area contributed by atoms with Crippen LogP contribution in [0, 0.1) is 0 Å². The number of benzene rings is 1. The van der Waals surface area contributed by atoms with Crippen LogP contribution in [-0.2, 0) is 22.4 Å². The normalized spacial score (nSPS) is 17.1. The molecule has 1 unspecified atom stereocenters. The van der Waals surface area contributed by atoms with E-state index in [4.69, 9.17) is 18.9 Å². The molecule has 0 aliphatic carbocycles. The Kier molecular flexibility index (Phi) is 6.89. The Morgan fingerprint density at radius 1 is 1.21 bits per heavy atom. The first-order valence-electron chi connectivity index (χ1n) is 11.7. The second-order valence-corrected chi connectivity index (χ2v) is 9.45. The third kappa shape index (κ3) is 4.58. The van der Waals surface area contributed by atoms with Crippen molar-refractivity contribution in [2.24, 2.45) is 0 Å². The average Bonchev–Trinajstić information content (AvgIpc) is 3.52. The summed E-state index contributed by atoms with van der Waals surface area (Å²) in [7, 11) is 1.64. The lowest BCUT2D eigenvalue weighted by Crippen LogP contribution is -2.23. The van der Waals surface area contributed by atoms with Gasteiger partial charge in [-0.3, -0.25) is 0 Å². The number of fused-ring (bicyclic) bond motifs is 3. The predicted molar refractivity (Wildman–Crippen MR) is 130 cm³/mol. The van der Waals surface area contributed by atoms with Crippen LogP contribution in [0.2, 0.25) is 0 Å². The van der Waals surface area contributed by atoms with Gasteiger partial charge in [-0.05, 0) is 60.9 Å². The maximum absolute atomic E-state index is 12.0. The molecule has 1 saturated heterocycles.